The Morgan fingerprint density at radius 3 is 2.40 bits per heavy atom. The molecule has 0 aliphatic heterocycles. The molecule has 54 valence electrons. The number of Topliss-reactive ketones (excluding diaryl/α,β-unsaturated/α-hetero) is 1. The lowest BCUT2D eigenvalue weighted by Gasteiger charge is -1.96. The maximum atomic E-state index is 10.7. The molecule has 3 nitrogen and oxygen atoms in total. The van der Waals surface area contributed by atoms with Crippen LogP contribution in [0.25, 0.3) is 0 Å². The van der Waals surface area contributed by atoms with Crippen LogP contribution in [-0.4, -0.2) is 16.9 Å². The zero-order valence-corrected chi connectivity index (χ0v) is 5.46. The maximum absolute atomic E-state index is 10.7. The molecule has 0 bridgehead atoms. The van der Waals surface area contributed by atoms with E-state index in [-0.39, 0.29) is 12.2 Å². The van der Waals surface area contributed by atoms with Gasteiger partial charge in [-0.25, -0.2) is 0 Å². The van der Waals surface area contributed by atoms with E-state index >= 15 is 0 Å². The van der Waals surface area contributed by atoms with Crippen molar-refractivity contribution in [1.29, 1.82) is 0 Å². The molecule has 1 rings (SSSR count). The van der Waals surface area contributed by atoms with Crippen molar-refractivity contribution in [3.63, 3.8) is 0 Å². The minimum atomic E-state index is -0.896. The number of carboxylic acids is 1. The zero-order valence-electron chi connectivity index (χ0n) is 5.46. The van der Waals surface area contributed by atoms with Crippen molar-refractivity contribution in [2.75, 3.05) is 0 Å². The molecule has 1 aliphatic rings. The summed E-state index contributed by atoms with van der Waals surface area (Å²) in [6, 6.07) is 0. The van der Waals surface area contributed by atoms with Gasteiger partial charge >= 0.3 is 5.97 Å². The monoisotopic (exact) mass is 140 g/mol. The van der Waals surface area contributed by atoms with Crippen molar-refractivity contribution < 1.29 is 14.7 Å². The van der Waals surface area contributed by atoms with Crippen LogP contribution < -0.4 is 0 Å². The molecule has 0 aromatic carbocycles. The molecule has 1 fully saturated rings. The molecule has 0 amide bonds. The Morgan fingerprint density at radius 1 is 1.60 bits per heavy atom. The lowest BCUT2D eigenvalue weighted by atomic mass is 10.1. The molecular weight excluding hydrogens is 132 g/mol. The highest BCUT2D eigenvalue weighted by Gasteiger charge is 2.30. The Morgan fingerprint density at radius 2 is 2.20 bits per heavy atom. The van der Waals surface area contributed by atoms with Gasteiger partial charge in [0.15, 0.2) is 5.78 Å². The van der Waals surface area contributed by atoms with Crippen molar-refractivity contribution in [2.45, 2.75) is 12.8 Å². The van der Waals surface area contributed by atoms with Gasteiger partial charge in [0.2, 0.25) is 0 Å². The normalized spacial score (nSPS) is 25.4. The smallest absolute Gasteiger partial charge is 0.307 e. The molecule has 1 saturated carbocycles. The summed E-state index contributed by atoms with van der Waals surface area (Å²) in [6.45, 7) is 3.45. The van der Waals surface area contributed by atoms with Crippen LogP contribution in [0, 0.1) is 5.92 Å². The number of carbonyl (C=O) groups excluding carboxylic acids is 1. The summed E-state index contributed by atoms with van der Waals surface area (Å²) in [5.74, 6) is -1.51. The molecule has 0 aromatic rings. The second-order valence-corrected chi connectivity index (χ2v) is 2.47. The van der Waals surface area contributed by atoms with E-state index in [1.54, 1.807) is 0 Å². The third-order valence-electron chi connectivity index (χ3n) is 1.67. The predicted octanol–water partition coefficient (Wildman–Crippen LogP) is 0.606. The van der Waals surface area contributed by atoms with Gasteiger partial charge in [-0.2, -0.15) is 0 Å². The standard InChI is InChI=1S/C7H8O3/c1-4-2-5(7(9)10)3-6(4)8/h5H,1-3H2,(H,9,10)/t5-/m0/s1. The van der Waals surface area contributed by atoms with Crippen molar-refractivity contribution in [1.82, 2.24) is 0 Å². The minimum absolute atomic E-state index is 0.104. The first kappa shape index (κ1) is 6.99. The number of rotatable bonds is 1. The molecule has 10 heavy (non-hydrogen) atoms. The van der Waals surface area contributed by atoms with Crippen LogP contribution in [-0.2, 0) is 9.59 Å². The van der Waals surface area contributed by atoms with Gasteiger partial charge in [0.1, 0.15) is 0 Å². The fourth-order valence-corrected chi connectivity index (χ4v) is 1.03. The summed E-state index contributed by atoms with van der Waals surface area (Å²) < 4.78 is 0. The highest BCUT2D eigenvalue weighted by molar-refractivity contribution is 6.00. The third kappa shape index (κ3) is 1.07. The second kappa shape index (κ2) is 2.25. The van der Waals surface area contributed by atoms with Crippen LogP contribution in [0.2, 0.25) is 0 Å². The largest absolute Gasteiger partial charge is 0.481 e. The zero-order chi connectivity index (χ0) is 7.72. The quantitative estimate of drug-likeness (QED) is 0.543. The van der Waals surface area contributed by atoms with Gasteiger partial charge < -0.3 is 5.11 Å². The van der Waals surface area contributed by atoms with E-state index in [9.17, 15) is 9.59 Å². The number of carbonyl (C=O) groups is 2. The molecule has 3 heteroatoms. The molecule has 1 aliphatic carbocycles. The molecule has 0 heterocycles. The first-order valence-electron chi connectivity index (χ1n) is 3.05. The Balaban J connectivity index is 2.66. The number of allylic oxidation sites excluding steroid dienone is 1. The summed E-state index contributed by atoms with van der Waals surface area (Å²) in [6.07, 6.45) is 0.461. The van der Waals surface area contributed by atoms with Crippen molar-refractivity contribution in [3.8, 4) is 0 Å². The van der Waals surface area contributed by atoms with Crippen molar-refractivity contribution in [3.05, 3.63) is 12.2 Å². The average molecular weight is 140 g/mol. The fraction of sp³-hybridized carbons (Fsp3) is 0.429. The van der Waals surface area contributed by atoms with Crippen LogP contribution in [0.5, 0.6) is 0 Å². The summed E-state index contributed by atoms with van der Waals surface area (Å²) in [5, 5.41) is 8.46. The summed E-state index contributed by atoms with van der Waals surface area (Å²) in [4.78, 5) is 21.0. The van der Waals surface area contributed by atoms with Crippen molar-refractivity contribution in [2.24, 2.45) is 5.92 Å². The van der Waals surface area contributed by atoms with Gasteiger partial charge in [0.05, 0.1) is 5.92 Å². The highest BCUT2D eigenvalue weighted by Crippen LogP contribution is 2.25. The number of ketones is 1. The van der Waals surface area contributed by atoms with Crippen LogP contribution in [0.15, 0.2) is 12.2 Å². The summed E-state index contributed by atoms with van der Waals surface area (Å²) in [7, 11) is 0. The third-order valence-corrected chi connectivity index (χ3v) is 1.67. The van der Waals surface area contributed by atoms with Gasteiger partial charge in [-0.15, -0.1) is 0 Å². The van der Waals surface area contributed by atoms with E-state index in [0.717, 1.165) is 0 Å². The van der Waals surface area contributed by atoms with E-state index in [1.807, 2.05) is 0 Å². The summed E-state index contributed by atoms with van der Waals surface area (Å²) >= 11 is 0. The van der Waals surface area contributed by atoms with Crippen LogP contribution >= 0.6 is 0 Å². The second-order valence-electron chi connectivity index (χ2n) is 2.47. The lowest BCUT2D eigenvalue weighted by Crippen LogP contribution is -2.09. The molecule has 0 unspecified atom stereocenters. The SMILES string of the molecule is C=C1C[C@H](C(=O)O)CC1=O. The number of aliphatic carboxylic acids is 1. The average Bonchev–Trinajstić information content (AvgIpc) is 2.13. The molecule has 1 atom stereocenters. The molecule has 0 spiro atoms. The van der Waals surface area contributed by atoms with Gasteiger partial charge in [-0.1, -0.05) is 6.58 Å². The Kier molecular flexibility index (Phi) is 1.57. The van der Waals surface area contributed by atoms with E-state index in [4.69, 9.17) is 5.11 Å². The topological polar surface area (TPSA) is 54.4 Å². The number of hydrogen-bond donors (Lipinski definition) is 1. The number of hydrogen-bond acceptors (Lipinski definition) is 2. The van der Waals surface area contributed by atoms with Crippen LogP contribution in [0.4, 0.5) is 0 Å². The molecular formula is C7H8O3. The van der Waals surface area contributed by atoms with Crippen LogP contribution in [0.3, 0.4) is 0 Å². The summed E-state index contributed by atoms with van der Waals surface area (Å²) in [5.41, 5.74) is 0.451. The van der Waals surface area contributed by atoms with Gasteiger partial charge in [-0.05, 0) is 12.0 Å². The van der Waals surface area contributed by atoms with Gasteiger partial charge in [-0.3, -0.25) is 9.59 Å². The first-order chi connectivity index (χ1) is 4.61. The predicted molar refractivity (Wildman–Crippen MR) is 34.5 cm³/mol. The fourth-order valence-electron chi connectivity index (χ4n) is 1.03. The molecule has 0 saturated heterocycles. The Hall–Kier alpha value is -1.12. The van der Waals surface area contributed by atoms with Gasteiger partial charge in [0, 0.05) is 6.42 Å². The Bertz CT molecular complexity index is 189. The van der Waals surface area contributed by atoms with E-state index in [2.05, 4.69) is 6.58 Å². The molecule has 0 aromatic heterocycles. The maximum Gasteiger partial charge on any atom is 0.307 e. The Labute approximate surface area is 58.4 Å². The highest BCUT2D eigenvalue weighted by atomic mass is 16.4. The lowest BCUT2D eigenvalue weighted by molar-refractivity contribution is -0.142. The molecule has 0 radical (unpaired) electrons. The van der Waals surface area contributed by atoms with Crippen molar-refractivity contribution >= 4 is 11.8 Å². The van der Waals surface area contributed by atoms with E-state index < -0.39 is 11.9 Å². The first-order valence-corrected chi connectivity index (χ1v) is 3.05. The van der Waals surface area contributed by atoms with E-state index in [1.165, 1.54) is 0 Å². The number of carboxylic acid groups (broad SMARTS) is 1. The van der Waals surface area contributed by atoms with Crippen LogP contribution in [0.1, 0.15) is 12.8 Å². The molecule has 1 N–H and O–H groups in total. The van der Waals surface area contributed by atoms with Gasteiger partial charge in [0.25, 0.3) is 0 Å². The van der Waals surface area contributed by atoms with E-state index in [0.29, 0.717) is 12.0 Å². The minimum Gasteiger partial charge on any atom is -0.481 e.